The third-order valence-corrected chi connectivity index (χ3v) is 3.56. The number of carbonyl (C=O) groups is 2. The van der Waals surface area contributed by atoms with Crippen molar-refractivity contribution in [2.45, 2.75) is 38.0 Å². The van der Waals surface area contributed by atoms with Crippen molar-refractivity contribution >= 4 is 23.6 Å². The van der Waals surface area contributed by atoms with E-state index in [1.54, 1.807) is 19.2 Å². The molecule has 0 aliphatic heterocycles. The second-order valence-corrected chi connectivity index (χ2v) is 5.69. The van der Waals surface area contributed by atoms with Crippen LogP contribution in [0.1, 0.15) is 23.4 Å². The van der Waals surface area contributed by atoms with E-state index in [2.05, 4.69) is 14.7 Å². The van der Waals surface area contributed by atoms with E-state index in [1.165, 1.54) is 11.8 Å². The first-order valence-electron chi connectivity index (χ1n) is 6.99. The predicted molar refractivity (Wildman–Crippen MR) is 81.6 cm³/mol. The maximum atomic E-state index is 11.9. The van der Waals surface area contributed by atoms with Crippen LogP contribution in [0.15, 0.2) is 5.16 Å². The first-order valence-corrected chi connectivity index (χ1v) is 8.22. The Labute approximate surface area is 141 Å². The molecule has 134 valence electrons. The summed E-state index contributed by atoms with van der Waals surface area (Å²) in [4.78, 5) is 31.3. The highest BCUT2D eigenvalue weighted by Gasteiger charge is 2.27. The summed E-state index contributed by atoms with van der Waals surface area (Å²) < 4.78 is 40.4. The number of hydrogen-bond acceptors (Lipinski definition) is 6. The van der Waals surface area contributed by atoms with Crippen molar-refractivity contribution in [1.82, 2.24) is 15.3 Å². The van der Waals surface area contributed by atoms with Gasteiger partial charge in [-0.25, -0.2) is 9.97 Å². The molecule has 6 nitrogen and oxygen atoms in total. The largest absolute Gasteiger partial charge is 0.456 e. The summed E-state index contributed by atoms with van der Waals surface area (Å²) in [5.74, 6) is -1.68. The smallest absolute Gasteiger partial charge is 0.405 e. The number of nitrogens with zero attached hydrogens (tertiary/aromatic N) is 2. The van der Waals surface area contributed by atoms with Crippen LogP contribution in [0.2, 0.25) is 0 Å². The Morgan fingerprint density at radius 3 is 2.29 bits per heavy atom. The van der Waals surface area contributed by atoms with E-state index in [0.717, 1.165) is 17.0 Å². The van der Waals surface area contributed by atoms with Crippen LogP contribution >= 0.6 is 11.8 Å². The second-order valence-electron chi connectivity index (χ2n) is 4.91. The number of nitrogens with one attached hydrogen (secondary N) is 1. The monoisotopic (exact) mass is 365 g/mol. The molecule has 1 aromatic rings. The quantitative estimate of drug-likeness (QED) is 0.452. The molecule has 24 heavy (non-hydrogen) atoms. The van der Waals surface area contributed by atoms with Crippen LogP contribution in [0.5, 0.6) is 0 Å². The molecule has 0 atom stereocenters. The maximum Gasteiger partial charge on any atom is 0.405 e. The summed E-state index contributed by atoms with van der Waals surface area (Å²) >= 11 is 1.41. The average Bonchev–Trinajstić information content (AvgIpc) is 2.49. The van der Waals surface area contributed by atoms with Gasteiger partial charge in [-0.3, -0.25) is 9.59 Å². The van der Waals surface area contributed by atoms with Gasteiger partial charge in [0.2, 0.25) is 0 Å². The number of amides is 1. The molecule has 0 saturated heterocycles. The second kappa shape index (κ2) is 8.86. The minimum atomic E-state index is -4.50. The topological polar surface area (TPSA) is 81.2 Å². The van der Waals surface area contributed by atoms with Gasteiger partial charge < -0.3 is 10.1 Å². The van der Waals surface area contributed by atoms with E-state index in [1.807, 2.05) is 6.26 Å². The van der Waals surface area contributed by atoms with Crippen molar-refractivity contribution in [3.8, 4) is 0 Å². The van der Waals surface area contributed by atoms with Crippen LogP contribution in [0.25, 0.3) is 0 Å². The summed E-state index contributed by atoms with van der Waals surface area (Å²) in [5, 5.41) is 2.26. The van der Waals surface area contributed by atoms with Gasteiger partial charge in [-0.15, -0.1) is 0 Å². The Hall–Kier alpha value is -1.84. The average molecular weight is 365 g/mol. The Balaban J connectivity index is 2.43. The molecule has 0 spiro atoms. The number of hydrogen-bond donors (Lipinski definition) is 1. The van der Waals surface area contributed by atoms with E-state index in [-0.39, 0.29) is 6.42 Å². The van der Waals surface area contributed by atoms with Gasteiger partial charge in [0.1, 0.15) is 6.54 Å². The van der Waals surface area contributed by atoms with Crippen LogP contribution < -0.4 is 5.32 Å². The van der Waals surface area contributed by atoms with Crippen molar-refractivity contribution in [2.75, 3.05) is 19.4 Å². The number of carbonyl (C=O) groups excluding carboxylic acids is 2. The number of esters is 1. The molecular formula is C14H18F3N3O3S. The molecule has 1 heterocycles. The molecule has 1 aromatic heterocycles. The lowest BCUT2D eigenvalue weighted by atomic mass is 10.1. The molecule has 0 aliphatic carbocycles. The number of alkyl halides is 3. The number of aryl methyl sites for hydroxylation is 2. The van der Waals surface area contributed by atoms with Gasteiger partial charge in [-0.1, -0.05) is 11.8 Å². The van der Waals surface area contributed by atoms with Crippen molar-refractivity contribution in [3.05, 3.63) is 17.0 Å². The van der Waals surface area contributed by atoms with Gasteiger partial charge in [0, 0.05) is 17.8 Å². The highest BCUT2D eigenvalue weighted by Crippen LogP contribution is 2.17. The maximum absolute atomic E-state index is 11.9. The standard InChI is InChI=1S/C14H18F3N3O3S/c1-8-10(9(2)20-13(19-8)24-3)4-5-12(22)23-6-11(21)18-7-14(15,16)17/h4-7H2,1-3H3,(H,18,21). The number of aromatic nitrogens is 2. The molecule has 1 rings (SSSR count). The Morgan fingerprint density at radius 2 is 1.79 bits per heavy atom. The van der Waals surface area contributed by atoms with Gasteiger partial charge in [0.25, 0.3) is 5.91 Å². The first kappa shape index (κ1) is 20.2. The lowest BCUT2D eigenvalue weighted by molar-refractivity contribution is -0.151. The van der Waals surface area contributed by atoms with Crippen LogP contribution in [0, 0.1) is 13.8 Å². The van der Waals surface area contributed by atoms with Crippen LogP contribution in [-0.4, -0.2) is 47.4 Å². The van der Waals surface area contributed by atoms with E-state index >= 15 is 0 Å². The molecule has 0 bridgehead atoms. The van der Waals surface area contributed by atoms with Gasteiger partial charge in [0.05, 0.1) is 0 Å². The fraction of sp³-hybridized carbons (Fsp3) is 0.571. The molecular weight excluding hydrogens is 347 g/mol. The van der Waals surface area contributed by atoms with Crippen LogP contribution in [-0.2, 0) is 20.7 Å². The predicted octanol–water partition coefficient (Wildman–Crippen LogP) is 1.97. The van der Waals surface area contributed by atoms with E-state index in [4.69, 9.17) is 0 Å². The van der Waals surface area contributed by atoms with Crippen molar-refractivity contribution in [3.63, 3.8) is 0 Å². The number of ether oxygens (including phenoxy) is 1. The normalized spacial score (nSPS) is 11.2. The van der Waals surface area contributed by atoms with Crippen LogP contribution in [0.3, 0.4) is 0 Å². The minimum absolute atomic E-state index is 0.0177. The number of halogens is 3. The highest BCUT2D eigenvalue weighted by atomic mass is 32.2. The fourth-order valence-corrected chi connectivity index (χ4v) is 2.31. The molecule has 10 heteroatoms. The molecule has 1 N–H and O–H groups in total. The summed E-state index contributed by atoms with van der Waals surface area (Å²) in [6, 6.07) is 0. The summed E-state index contributed by atoms with van der Waals surface area (Å²) in [6.45, 7) is 1.41. The Morgan fingerprint density at radius 1 is 1.21 bits per heavy atom. The third kappa shape index (κ3) is 7.16. The SMILES string of the molecule is CSc1nc(C)c(CCC(=O)OCC(=O)NCC(F)(F)F)c(C)n1. The zero-order valence-electron chi connectivity index (χ0n) is 13.5. The van der Waals surface area contributed by atoms with Crippen molar-refractivity contribution < 1.29 is 27.5 Å². The third-order valence-electron chi connectivity index (χ3n) is 3.01. The molecule has 1 amide bonds. The summed E-state index contributed by atoms with van der Waals surface area (Å²) in [5.41, 5.74) is 2.32. The van der Waals surface area contributed by atoms with Crippen molar-refractivity contribution in [1.29, 1.82) is 0 Å². The summed E-state index contributed by atoms with van der Waals surface area (Å²) in [7, 11) is 0. The zero-order valence-corrected chi connectivity index (χ0v) is 14.3. The van der Waals surface area contributed by atoms with Gasteiger partial charge in [0.15, 0.2) is 11.8 Å². The van der Waals surface area contributed by atoms with Crippen molar-refractivity contribution in [2.24, 2.45) is 0 Å². The fourth-order valence-electron chi connectivity index (χ4n) is 1.86. The zero-order chi connectivity index (χ0) is 18.3. The molecule has 0 unspecified atom stereocenters. The van der Waals surface area contributed by atoms with E-state index < -0.39 is 31.2 Å². The molecule has 0 radical (unpaired) electrons. The molecule has 0 saturated carbocycles. The Bertz CT molecular complexity index is 586. The lowest BCUT2D eigenvalue weighted by Gasteiger charge is -2.10. The van der Waals surface area contributed by atoms with E-state index in [0.29, 0.717) is 11.6 Å². The van der Waals surface area contributed by atoms with E-state index in [9.17, 15) is 22.8 Å². The van der Waals surface area contributed by atoms with Gasteiger partial charge in [-0.2, -0.15) is 13.2 Å². The number of rotatable bonds is 7. The summed E-state index contributed by atoms with van der Waals surface area (Å²) in [6.07, 6.45) is -2.34. The minimum Gasteiger partial charge on any atom is -0.456 e. The molecule has 0 fully saturated rings. The first-order chi connectivity index (χ1) is 11.1. The lowest BCUT2D eigenvalue weighted by Crippen LogP contribution is -2.36. The molecule has 0 aliphatic rings. The Kier molecular flexibility index (Phi) is 7.46. The molecule has 0 aromatic carbocycles. The van der Waals surface area contributed by atoms with Gasteiger partial charge >= 0.3 is 12.1 Å². The van der Waals surface area contributed by atoms with Gasteiger partial charge in [-0.05, 0) is 32.1 Å². The highest BCUT2D eigenvalue weighted by molar-refractivity contribution is 7.98. The van der Waals surface area contributed by atoms with Crippen LogP contribution in [0.4, 0.5) is 13.2 Å². The number of thioether (sulfide) groups is 1.